The third kappa shape index (κ3) is 4.45. The number of halogens is 1. The molecule has 26 heavy (non-hydrogen) atoms. The molecule has 0 spiro atoms. The number of esters is 1. The van der Waals surface area contributed by atoms with Crippen molar-refractivity contribution < 1.29 is 19.2 Å². The zero-order valence-electron chi connectivity index (χ0n) is 15.0. The first-order valence-electron chi connectivity index (χ1n) is 9.20. The molecule has 0 radical (unpaired) electrons. The molecule has 1 aliphatic rings. The normalized spacial score (nSPS) is 15.2. The molecule has 140 valence electrons. The van der Waals surface area contributed by atoms with E-state index < -0.39 is 5.97 Å². The molecule has 1 amide bonds. The van der Waals surface area contributed by atoms with Gasteiger partial charge in [0, 0.05) is 15.4 Å². The van der Waals surface area contributed by atoms with Gasteiger partial charge in [-0.1, -0.05) is 15.9 Å². The molecular formula is C19H25BrN3O3+. The van der Waals surface area contributed by atoms with Gasteiger partial charge in [0.25, 0.3) is 0 Å². The van der Waals surface area contributed by atoms with Crippen molar-refractivity contribution in [1.82, 2.24) is 4.98 Å². The van der Waals surface area contributed by atoms with E-state index in [1.165, 1.54) is 24.2 Å². The number of amides is 1. The van der Waals surface area contributed by atoms with Crippen LogP contribution in [0.4, 0.5) is 5.69 Å². The van der Waals surface area contributed by atoms with E-state index in [4.69, 9.17) is 4.74 Å². The van der Waals surface area contributed by atoms with E-state index in [1.54, 1.807) is 6.92 Å². The first-order chi connectivity index (χ1) is 12.6. The van der Waals surface area contributed by atoms with Crippen molar-refractivity contribution in [1.29, 1.82) is 0 Å². The van der Waals surface area contributed by atoms with Crippen LogP contribution >= 0.6 is 15.9 Å². The molecular weight excluding hydrogens is 398 g/mol. The van der Waals surface area contributed by atoms with E-state index in [0.29, 0.717) is 17.8 Å². The fourth-order valence-corrected chi connectivity index (χ4v) is 3.81. The maximum absolute atomic E-state index is 12.5. The number of rotatable bonds is 6. The second kappa shape index (κ2) is 8.68. The van der Waals surface area contributed by atoms with Crippen LogP contribution in [0.25, 0.3) is 10.9 Å². The van der Waals surface area contributed by atoms with Crippen molar-refractivity contribution in [2.45, 2.75) is 32.6 Å². The molecule has 1 aromatic carbocycles. The molecule has 7 heteroatoms. The summed E-state index contributed by atoms with van der Waals surface area (Å²) in [4.78, 5) is 29.4. The minimum absolute atomic E-state index is 0.0745. The molecule has 2 aromatic rings. The van der Waals surface area contributed by atoms with Gasteiger partial charge in [-0.3, -0.25) is 4.79 Å². The number of carbonyl (C=O) groups is 2. The van der Waals surface area contributed by atoms with Crippen LogP contribution in [0.1, 0.15) is 43.1 Å². The van der Waals surface area contributed by atoms with Gasteiger partial charge in [0.1, 0.15) is 5.69 Å². The summed E-state index contributed by atoms with van der Waals surface area (Å²) in [5.41, 5.74) is 1.57. The number of benzene rings is 1. The van der Waals surface area contributed by atoms with Crippen molar-refractivity contribution in [3.63, 3.8) is 0 Å². The Kier molecular flexibility index (Phi) is 6.32. The number of H-pyrrole nitrogens is 1. The summed E-state index contributed by atoms with van der Waals surface area (Å²) < 4.78 is 6.01. The van der Waals surface area contributed by atoms with E-state index in [-0.39, 0.29) is 12.5 Å². The number of aromatic nitrogens is 1. The van der Waals surface area contributed by atoms with Crippen LogP contribution in [0.15, 0.2) is 22.7 Å². The molecule has 2 heterocycles. The number of ether oxygens (including phenoxy) is 1. The molecule has 0 atom stereocenters. The molecule has 6 nitrogen and oxygen atoms in total. The molecule has 0 bridgehead atoms. The van der Waals surface area contributed by atoms with Gasteiger partial charge < -0.3 is 19.9 Å². The van der Waals surface area contributed by atoms with Crippen LogP contribution in [0.3, 0.4) is 0 Å². The van der Waals surface area contributed by atoms with Crippen molar-refractivity contribution in [3.8, 4) is 0 Å². The van der Waals surface area contributed by atoms with Crippen molar-refractivity contribution in [2.24, 2.45) is 0 Å². The molecule has 0 aliphatic carbocycles. The Morgan fingerprint density at radius 1 is 1.27 bits per heavy atom. The number of aromatic amines is 1. The Labute approximate surface area is 161 Å². The third-order valence-electron chi connectivity index (χ3n) is 4.77. The van der Waals surface area contributed by atoms with Gasteiger partial charge in [-0.05, 0) is 44.4 Å². The van der Waals surface area contributed by atoms with Gasteiger partial charge in [0.15, 0.2) is 0 Å². The number of piperidine rings is 1. The highest BCUT2D eigenvalue weighted by Crippen LogP contribution is 2.31. The zero-order valence-corrected chi connectivity index (χ0v) is 16.6. The molecule has 3 N–H and O–H groups in total. The highest BCUT2D eigenvalue weighted by molar-refractivity contribution is 9.10. The first kappa shape index (κ1) is 18.9. The van der Waals surface area contributed by atoms with Gasteiger partial charge >= 0.3 is 5.97 Å². The molecule has 1 aliphatic heterocycles. The number of nitrogens with one attached hydrogen (secondary N) is 3. The average molecular weight is 423 g/mol. The predicted molar refractivity (Wildman–Crippen MR) is 105 cm³/mol. The van der Waals surface area contributed by atoms with Crippen LogP contribution < -0.4 is 10.2 Å². The molecule has 1 saturated heterocycles. The Morgan fingerprint density at radius 3 is 2.77 bits per heavy atom. The van der Waals surface area contributed by atoms with Crippen LogP contribution in [0.5, 0.6) is 0 Å². The third-order valence-corrected chi connectivity index (χ3v) is 5.26. The van der Waals surface area contributed by atoms with Crippen LogP contribution in [-0.2, 0) is 9.53 Å². The van der Waals surface area contributed by atoms with Crippen molar-refractivity contribution in [3.05, 3.63) is 28.4 Å². The van der Waals surface area contributed by atoms with Crippen LogP contribution in [0.2, 0.25) is 0 Å². The summed E-state index contributed by atoms with van der Waals surface area (Å²) in [6.07, 6.45) is 4.21. The van der Waals surface area contributed by atoms with Crippen LogP contribution in [0, 0.1) is 0 Å². The van der Waals surface area contributed by atoms with E-state index in [9.17, 15) is 9.59 Å². The SMILES string of the molecule is CCOC(=O)c1[nH]c2ccc(Br)cc2c1NC(=O)CC[NH+]1CCCCC1. The quantitative estimate of drug-likeness (QED) is 0.625. The Balaban J connectivity index is 1.77. The molecule has 1 aromatic heterocycles. The molecule has 0 unspecified atom stereocenters. The second-order valence-electron chi connectivity index (χ2n) is 6.64. The Hall–Kier alpha value is -1.86. The summed E-state index contributed by atoms with van der Waals surface area (Å²) >= 11 is 3.45. The predicted octanol–water partition coefficient (Wildman–Crippen LogP) is 2.50. The zero-order chi connectivity index (χ0) is 18.5. The van der Waals surface area contributed by atoms with E-state index in [0.717, 1.165) is 35.0 Å². The minimum Gasteiger partial charge on any atom is -0.461 e. The largest absolute Gasteiger partial charge is 0.461 e. The van der Waals surface area contributed by atoms with Gasteiger partial charge in [-0.2, -0.15) is 0 Å². The number of likely N-dealkylation sites (tertiary alicyclic amines) is 1. The maximum atomic E-state index is 12.5. The van der Waals surface area contributed by atoms with E-state index in [1.807, 2.05) is 18.2 Å². The Bertz CT molecular complexity index is 797. The van der Waals surface area contributed by atoms with Crippen molar-refractivity contribution >= 4 is 44.4 Å². The highest BCUT2D eigenvalue weighted by atomic mass is 79.9. The second-order valence-corrected chi connectivity index (χ2v) is 7.56. The topological polar surface area (TPSA) is 75.6 Å². The molecule has 3 rings (SSSR count). The number of carbonyl (C=O) groups excluding carboxylic acids is 2. The lowest BCUT2D eigenvalue weighted by molar-refractivity contribution is -0.904. The summed E-state index contributed by atoms with van der Waals surface area (Å²) in [6.45, 7) is 5.15. The Morgan fingerprint density at radius 2 is 2.04 bits per heavy atom. The van der Waals surface area contributed by atoms with Gasteiger partial charge in [0.2, 0.25) is 5.91 Å². The molecule has 1 fully saturated rings. The first-order valence-corrected chi connectivity index (χ1v) is 9.99. The van der Waals surface area contributed by atoms with Gasteiger partial charge in [0.05, 0.1) is 38.3 Å². The fourth-order valence-electron chi connectivity index (χ4n) is 3.44. The summed E-state index contributed by atoms with van der Waals surface area (Å²) in [6, 6.07) is 5.65. The van der Waals surface area contributed by atoms with Crippen molar-refractivity contribution in [2.75, 3.05) is 31.6 Å². The molecule has 0 saturated carbocycles. The summed E-state index contributed by atoms with van der Waals surface area (Å²) in [5.74, 6) is -0.536. The number of fused-ring (bicyclic) bond motifs is 1. The summed E-state index contributed by atoms with van der Waals surface area (Å²) in [7, 11) is 0. The number of hydrogen-bond donors (Lipinski definition) is 3. The van der Waals surface area contributed by atoms with E-state index in [2.05, 4.69) is 26.2 Å². The lowest BCUT2D eigenvalue weighted by Gasteiger charge is -2.23. The number of quaternary nitrogens is 1. The number of hydrogen-bond acceptors (Lipinski definition) is 3. The maximum Gasteiger partial charge on any atom is 0.356 e. The lowest BCUT2D eigenvalue weighted by Crippen LogP contribution is -3.12. The lowest BCUT2D eigenvalue weighted by atomic mass is 10.1. The number of anilines is 1. The fraction of sp³-hybridized carbons (Fsp3) is 0.474. The minimum atomic E-state index is -0.461. The van der Waals surface area contributed by atoms with Gasteiger partial charge in [-0.15, -0.1) is 0 Å². The standard InChI is InChI=1S/C19H24BrN3O3/c1-2-26-19(25)18-17(14-12-13(20)6-7-15(14)21-18)22-16(24)8-11-23-9-4-3-5-10-23/h6-7,12,21H,2-5,8-11H2,1H3,(H,22,24)/p+1. The highest BCUT2D eigenvalue weighted by Gasteiger charge is 2.22. The van der Waals surface area contributed by atoms with E-state index >= 15 is 0 Å². The summed E-state index contributed by atoms with van der Waals surface area (Å²) in [5, 5.41) is 3.73. The monoisotopic (exact) mass is 422 g/mol. The van der Waals surface area contributed by atoms with Gasteiger partial charge in [-0.25, -0.2) is 4.79 Å². The van der Waals surface area contributed by atoms with Crippen LogP contribution in [-0.4, -0.2) is 43.1 Å². The smallest absolute Gasteiger partial charge is 0.356 e. The average Bonchev–Trinajstić information content (AvgIpc) is 2.99.